The number of rotatable bonds is 5. The van der Waals surface area contributed by atoms with E-state index in [1.165, 1.54) is 0 Å². The molecule has 3 rings (SSSR count). The van der Waals surface area contributed by atoms with Gasteiger partial charge in [0.1, 0.15) is 5.75 Å². The Balaban J connectivity index is 2.17. The van der Waals surface area contributed by atoms with Gasteiger partial charge in [0.2, 0.25) is 5.91 Å². The molecule has 0 aromatic heterocycles. The summed E-state index contributed by atoms with van der Waals surface area (Å²) in [5, 5.41) is 4.05. The molecule has 0 aliphatic carbocycles. The molecule has 1 aliphatic heterocycles. The van der Waals surface area contributed by atoms with Gasteiger partial charge >= 0.3 is 0 Å². The molecule has 0 fully saturated rings. The maximum absolute atomic E-state index is 12.3. The number of carbonyl (C=O) groups excluding carboxylic acids is 1. The first-order chi connectivity index (χ1) is 12.9. The van der Waals surface area contributed by atoms with E-state index in [4.69, 9.17) is 34.3 Å². The summed E-state index contributed by atoms with van der Waals surface area (Å²) in [6.45, 7) is 4.29. The van der Waals surface area contributed by atoms with E-state index in [-0.39, 0.29) is 0 Å². The maximum Gasteiger partial charge on any atom is 0.248 e. The number of primary amides is 1. The van der Waals surface area contributed by atoms with Gasteiger partial charge in [0.05, 0.1) is 28.9 Å². The zero-order valence-electron chi connectivity index (χ0n) is 15.0. The van der Waals surface area contributed by atoms with Crippen molar-refractivity contribution in [3.8, 4) is 5.75 Å². The summed E-state index contributed by atoms with van der Waals surface area (Å²) in [7, 11) is 0. The fourth-order valence-corrected chi connectivity index (χ4v) is 3.77. The highest BCUT2D eigenvalue weighted by Gasteiger charge is 2.36. The summed E-state index contributed by atoms with van der Waals surface area (Å²) in [5.41, 5.74) is 8.35. The third-order valence-electron chi connectivity index (χ3n) is 4.33. The predicted octanol–water partition coefficient (Wildman–Crippen LogP) is 3.93. The summed E-state index contributed by atoms with van der Waals surface area (Å²) in [5.74, 6) is 0.238. The van der Waals surface area contributed by atoms with Crippen molar-refractivity contribution in [1.29, 1.82) is 0 Å². The summed E-state index contributed by atoms with van der Waals surface area (Å²) in [6, 6.07) is 14.4. The fraction of sp³-hybridized carbons (Fsp3) is 0.200. The second kappa shape index (κ2) is 7.98. The number of carbonyl (C=O) groups is 1. The zero-order valence-corrected chi connectivity index (χ0v) is 16.6. The second-order valence-corrected chi connectivity index (χ2v) is 6.85. The van der Waals surface area contributed by atoms with Crippen LogP contribution in [0.15, 0.2) is 59.8 Å². The van der Waals surface area contributed by atoms with Crippen molar-refractivity contribution in [2.24, 2.45) is 5.73 Å². The summed E-state index contributed by atoms with van der Waals surface area (Å²) in [4.78, 5) is 14.1. The first kappa shape index (κ1) is 19.2. The number of ether oxygens (including phenoxy) is 1. The number of nitrogens with zero attached hydrogens (tertiary/aromatic N) is 1. The fourth-order valence-electron chi connectivity index (χ4n) is 3.18. The van der Waals surface area contributed by atoms with Crippen molar-refractivity contribution in [2.45, 2.75) is 19.9 Å². The number of hydrogen-bond donors (Lipinski definition) is 2. The standard InChI is InChI=1S/C20H20ClN3O2S/c1-3-26-14-10-8-13(9-11-14)18-17(19(22)25)12(2)23-20(27)24(18)16-7-5-4-6-15(16)21/h4-11,18H,3H2,1-2H3,(H2,22,25)(H,23,27). The molecule has 1 aliphatic rings. The number of halogens is 1. The van der Waals surface area contributed by atoms with Gasteiger partial charge < -0.3 is 20.7 Å². The van der Waals surface area contributed by atoms with Crippen LogP contribution in [-0.4, -0.2) is 17.6 Å². The van der Waals surface area contributed by atoms with Crippen LogP contribution in [0.3, 0.4) is 0 Å². The number of allylic oxidation sites excluding steroid dienone is 1. The van der Waals surface area contributed by atoms with Gasteiger partial charge in [-0.05, 0) is 55.9 Å². The number of para-hydroxylation sites is 1. The first-order valence-corrected chi connectivity index (χ1v) is 9.30. The Hall–Kier alpha value is -2.57. The van der Waals surface area contributed by atoms with Crippen LogP contribution in [0, 0.1) is 0 Å². The van der Waals surface area contributed by atoms with Gasteiger partial charge in [-0.1, -0.05) is 35.9 Å². The van der Waals surface area contributed by atoms with Crippen LogP contribution < -0.4 is 20.7 Å². The molecular weight excluding hydrogens is 382 g/mol. The molecule has 0 saturated heterocycles. The summed E-state index contributed by atoms with van der Waals surface area (Å²) >= 11 is 12.0. The largest absolute Gasteiger partial charge is 0.494 e. The lowest BCUT2D eigenvalue weighted by atomic mass is 9.93. The number of thiocarbonyl (C=S) groups is 1. The maximum atomic E-state index is 12.3. The van der Waals surface area contributed by atoms with Gasteiger partial charge in [-0.2, -0.15) is 0 Å². The Morgan fingerprint density at radius 2 is 1.93 bits per heavy atom. The van der Waals surface area contributed by atoms with Gasteiger partial charge in [0.25, 0.3) is 0 Å². The van der Waals surface area contributed by atoms with E-state index in [1.54, 1.807) is 13.0 Å². The van der Waals surface area contributed by atoms with Gasteiger partial charge in [-0.25, -0.2) is 0 Å². The molecule has 27 heavy (non-hydrogen) atoms. The Labute approximate surface area is 168 Å². The van der Waals surface area contributed by atoms with Crippen molar-refractivity contribution >= 4 is 40.5 Å². The Morgan fingerprint density at radius 1 is 1.26 bits per heavy atom. The van der Waals surface area contributed by atoms with Crippen molar-refractivity contribution in [3.63, 3.8) is 0 Å². The summed E-state index contributed by atoms with van der Waals surface area (Å²) in [6.07, 6.45) is 0. The molecule has 0 bridgehead atoms. The molecule has 5 nitrogen and oxygen atoms in total. The molecule has 0 saturated carbocycles. The highest BCUT2D eigenvalue weighted by molar-refractivity contribution is 7.80. The third kappa shape index (κ3) is 3.77. The molecule has 0 radical (unpaired) electrons. The SMILES string of the molecule is CCOc1ccc(C2C(C(N)=O)=C(C)NC(=S)N2c2ccccc2Cl)cc1. The number of benzene rings is 2. The molecule has 7 heteroatoms. The minimum atomic E-state index is -0.515. The number of nitrogens with one attached hydrogen (secondary N) is 1. The normalized spacial score (nSPS) is 16.9. The van der Waals surface area contributed by atoms with E-state index < -0.39 is 11.9 Å². The minimum Gasteiger partial charge on any atom is -0.494 e. The molecule has 3 N–H and O–H groups in total. The van der Waals surface area contributed by atoms with Crippen molar-refractivity contribution in [3.05, 3.63) is 70.4 Å². The topological polar surface area (TPSA) is 67.6 Å². The van der Waals surface area contributed by atoms with Crippen molar-refractivity contribution in [1.82, 2.24) is 5.32 Å². The van der Waals surface area contributed by atoms with E-state index >= 15 is 0 Å². The van der Waals surface area contributed by atoms with Crippen LogP contribution in [0.2, 0.25) is 5.02 Å². The first-order valence-electron chi connectivity index (χ1n) is 8.52. The number of anilines is 1. The molecule has 1 unspecified atom stereocenters. The molecule has 1 amide bonds. The van der Waals surface area contributed by atoms with Crippen LogP contribution in [0.5, 0.6) is 5.75 Å². The average molecular weight is 402 g/mol. The van der Waals surface area contributed by atoms with Crippen LogP contribution >= 0.6 is 23.8 Å². The van der Waals surface area contributed by atoms with Gasteiger partial charge in [0, 0.05) is 5.70 Å². The smallest absolute Gasteiger partial charge is 0.248 e. The Morgan fingerprint density at radius 3 is 2.52 bits per heavy atom. The number of nitrogens with two attached hydrogens (primary N) is 1. The molecule has 1 heterocycles. The van der Waals surface area contributed by atoms with E-state index in [9.17, 15) is 4.79 Å². The highest BCUT2D eigenvalue weighted by atomic mass is 35.5. The summed E-state index contributed by atoms with van der Waals surface area (Å²) < 4.78 is 5.52. The lowest BCUT2D eigenvalue weighted by Gasteiger charge is -2.40. The van der Waals surface area contributed by atoms with Crippen molar-refractivity contribution < 1.29 is 9.53 Å². The zero-order chi connectivity index (χ0) is 19.6. The van der Waals surface area contributed by atoms with E-state index in [1.807, 2.05) is 54.3 Å². The van der Waals surface area contributed by atoms with Gasteiger partial charge in [0.15, 0.2) is 5.11 Å². The molecular formula is C20H20ClN3O2S. The Kier molecular flexibility index (Phi) is 5.68. The Bertz CT molecular complexity index is 912. The monoisotopic (exact) mass is 401 g/mol. The van der Waals surface area contributed by atoms with Crippen molar-refractivity contribution in [2.75, 3.05) is 11.5 Å². The third-order valence-corrected chi connectivity index (χ3v) is 4.95. The van der Waals surface area contributed by atoms with Gasteiger partial charge in [-0.3, -0.25) is 4.79 Å². The molecule has 140 valence electrons. The molecule has 2 aromatic rings. The second-order valence-electron chi connectivity index (χ2n) is 6.06. The van der Waals surface area contributed by atoms with Crippen LogP contribution in [0.1, 0.15) is 25.5 Å². The van der Waals surface area contributed by atoms with Crippen LogP contribution in [0.4, 0.5) is 5.69 Å². The number of amides is 1. The molecule has 0 spiro atoms. The van der Waals surface area contributed by atoms with Crippen LogP contribution in [0.25, 0.3) is 0 Å². The van der Waals surface area contributed by atoms with E-state index in [0.29, 0.717) is 33.7 Å². The minimum absolute atomic E-state index is 0.438. The molecule has 2 aromatic carbocycles. The quantitative estimate of drug-likeness (QED) is 0.743. The van der Waals surface area contributed by atoms with E-state index in [0.717, 1.165) is 11.3 Å². The predicted molar refractivity (Wildman–Crippen MR) is 112 cm³/mol. The number of hydrogen-bond acceptors (Lipinski definition) is 3. The van der Waals surface area contributed by atoms with Gasteiger partial charge in [-0.15, -0.1) is 0 Å². The van der Waals surface area contributed by atoms with Crippen LogP contribution in [-0.2, 0) is 4.79 Å². The highest BCUT2D eigenvalue weighted by Crippen LogP contribution is 2.40. The van der Waals surface area contributed by atoms with E-state index in [2.05, 4.69) is 5.32 Å². The average Bonchev–Trinajstić information content (AvgIpc) is 2.63. The lowest BCUT2D eigenvalue weighted by molar-refractivity contribution is -0.114. The lowest BCUT2D eigenvalue weighted by Crippen LogP contribution is -2.49. The molecule has 1 atom stereocenters.